The summed E-state index contributed by atoms with van der Waals surface area (Å²) >= 11 is 0. The predicted octanol–water partition coefficient (Wildman–Crippen LogP) is 0.0823. The molecule has 2 atom stereocenters. The maximum absolute atomic E-state index is 11.1. The normalized spacial score (nSPS) is 30.3. The average molecular weight is 167 g/mol. The molecule has 0 saturated carbocycles. The summed E-state index contributed by atoms with van der Waals surface area (Å²) in [5.74, 6) is 0.486. The van der Waals surface area contributed by atoms with E-state index in [1.54, 1.807) is 0 Å². The van der Waals surface area contributed by atoms with Crippen molar-refractivity contribution in [1.82, 2.24) is 5.32 Å². The van der Waals surface area contributed by atoms with Crippen molar-refractivity contribution >= 4 is 13.1 Å². The van der Waals surface area contributed by atoms with Gasteiger partial charge in [-0.05, 0) is 5.94 Å². The molecule has 3 nitrogen and oxygen atoms in total. The van der Waals surface area contributed by atoms with E-state index in [2.05, 4.69) is 19.5 Å². The molecule has 4 heteroatoms. The first-order chi connectivity index (χ1) is 5.72. The Balaban J connectivity index is 2.29. The molecule has 12 heavy (non-hydrogen) atoms. The number of ketones is 1. The minimum absolute atomic E-state index is 0.135. The molecule has 0 aromatic rings. The first-order valence-corrected chi connectivity index (χ1v) is 4.59. The number of nitrogens with one attached hydrogen (secondary N) is 1. The molecule has 0 aromatic heterocycles. The molecule has 1 aliphatic heterocycles. The molecule has 0 bridgehead atoms. The van der Waals surface area contributed by atoms with Crippen LogP contribution in [0.3, 0.4) is 0 Å². The molecule has 1 fully saturated rings. The van der Waals surface area contributed by atoms with Crippen molar-refractivity contribution in [1.29, 1.82) is 0 Å². The number of Topliss-reactive ketones (excluding diaryl/α,β-unsaturated/α-hetero) is 1. The van der Waals surface area contributed by atoms with Gasteiger partial charge in [-0.2, -0.15) is 0 Å². The number of piperidine rings is 1. The second-order valence-electron chi connectivity index (χ2n) is 3.35. The van der Waals surface area contributed by atoms with Crippen LogP contribution in [0.25, 0.3) is 0 Å². The van der Waals surface area contributed by atoms with Gasteiger partial charge in [0.15, 0.2) is 0 Å². The second kappa shape index (κ2) is 4.62. The molecular formula is C8H16BN2O. The van der Waals surface area contributed by atoms with E-state index in [-0.39, 0.29) is 17.9 Å². The van der Waals surface area contributed by atoms with Gasteiger partial charge in [0.25, 0.3) is 0 Å². The van der Waals surface area contributed by atoms with Crippen LogP contribution >= 0.6 is 0 Å². The van der Waals surface area contributed by atoms with E-state index in [4.69, 9.17) is 5.73 Å². The van der Waals surface area contributed by atoms with Gasteiger partial charge in [0, 0.05) is 12.8 Å². The number of hydrogen-bond donors (Lipinski definition) is 2. The minimum atomic E-state index is -0.135. The lowest BCUT2D eigenvalue weighted by Crippen LogP contribution is -2.52. The van der Waals surface area contributed by atoms with E-state index >= 15 is 0 Å². The molecule has 67 valence electrons. The van der Waals surface area contributed by atoms with Crippen LogP contribution in [0.5, 0.6) is 0 Å². The van der Waals surface area contributed by atoms with Gasteiger partial charge in [-0.15, -0.1) is 0 Å². The highest BCUT2D eigenvalue weighted by atomic mass is 16.1. The summed E-state index contributed by atoms with van der Waals surface area (Å²) in [4.78, 5) is 11.1. The Morgan fingerprint density at radius 3 is 3.00 bits per heavy atom. The second-order valence-corrected chi connectivity index (χ2v) is 3.35. The highest BCUT2D eigenvalue weighted by molar-refractivity contribution is 6.38. The van der Waals surface area contributed by atoms with E-state index in [1.165, 1.54) is 0 Å². The van der Waals surface area contributed by atoms with Gasteiger partial charge in [-0.1, -0.05) is 19.7 Å². The summed E-state index contributed by atoms with van der Waals surface area (Å²) < 4.78 is 0. The van der Waals surface area contributed by atoms with Crippen LogP contribution in [0.15, 0.2) is 0 Å². The lowest BCUT2D eigenvalue weighted by molar-refractivity contribution is -0.120. The third kappa shape index (κ3) is 2.95. The number of carbonyl (C=O) groups excluding carboxylic acids is 1. The van der Waals surface area contributed by atoms with E-state index in [1.807, 2.05) is 0 Å². The lowest BCUT2D eigenvalue weighted by atomic mass is 9.63. The fraction of sp³-hybridized carbons (Fsp3) is 0.875. The smallest absolute Gasteiger partial charge is 0.136 e. The Bertz CT molecular complexity index is 163. The third-order valence-corrected chi connectivity index (χ3v) is 2.06. The molecule has 1 heterocycles. The van der Waals surface area contributed by atoms with Crippen LogP contribution in [-0.2, 0) is 4.79 Å². The molecule has 0 aromatic carbocycles. The highest BCUT2D eigenvalue weighted by Crippen LogP contribution is 2.06. The number of carbonyl (C=O) groups is 1. The van der Waals surface area contributed by atoms with Crippen molar-refractivity contribution in [2.45, 2.75) is 44.6 Å². The molecular weight excluding hydrogens is 151 g/mol. The highest BCUT2D eigenvalue weighted by Gasteiger charge is 2.23. The van der Waals surface area contributed by atoms with Gasteiger partial charge in [0.1, 0.15) is 13.1 Å². The SMILES string of the molecule is CCC[B]C1CC(=O)CC(N)N1. The van der Waals surface area contributed by atoms with Gasteiger partial charge >= 0.3 is 0 Å². The Labute approximate surface area is 74.3 Å². The number of rotatable bonds is 3. The first kappa shape index (κ1) is 9.74. The fourth-order valence-corrected chi connectivity index (χ4v) is 1.49. The summed E-state index contributed by atoms with van der Waals surface area (Å²) in [6.07, 6.45) is 3.15. The van der Waals surface area contributed by atoms with Crippen molar-refractivity contribution in [2.75, 3.05) is 0 Å². The average Bonchev–Trinajstić information content (AvgIpc) is 1.99. The largest absolute Gasteiger partial charge is 0.316 e. The van der Waals surface area contributed by atoms with E-state index < -0.39 is 0 Å². The van der Waals surface area contributed by atoms with Crippen molar-refractivity contribution in [2.24, 2.45) is 5.73 Å². The van der Waals surface area contributed by atoms with Crippen molar-refractivity contribution < 1.29 is 4.79 Å². The van der Waals surface area contributed by atoms with Crippen LogP contribution in [-0.4, -0.2) is 25.2 Å². The van der Waals surface area contributed by atoms with Gasteiger partial charge in [-0.25, -0.2) is 0 Å². The standard InChI is InChI=1S/C8H16BN2O/c1-2-3-9-7-4-6(12)5-8(10)11-7/h7-8,11H,2-5,10H2,1H3. The van der Waals surface area contributed by atoms with Crippen LogP contribution in [0.2, 0.25) is 6.32 Å². The van der Waals surface area contributed by atoms with Crippen molar-refractivity contribution in [3.63, 3.8) is 0 Å². The van der Waals surface area contributed by atoms with Crippen LogP contribution in [0, 0.1) is 0 Å². The van der Waals surface area contributed by atoms with E-state index in [0.717, 1.165) is 12.7 Å². The maximum atomic E-state index is 11.1. The monoisotopic (exact) mass is 167 g/mol. The van der Waals surface area contributed by atoms with Gasteiger partial charge in [-0.3, -0.25) is 4.79 Å². The molecule has 0 amide bonds. The number of hydrogen-bond acceptors (Lipinski definition) is 3. The maximum Gasteiger partial charge on any atom is 0.136 e. The number of nitrogens with two attached hydrogens (primary N) is 1. The topological polar surface area (TPSA) is 55.1 Å². The summed E-state index contributed by atoms with van der Waals surface area (Å²) in [7, 11) is 2.15. The van der Waals surface area contributed by atoms with Gasteiger partial charge in [0.05, 0.1) is 6.17 Å². The van der Waals surface area contributed by atoms with E-state index in [9.17, 15) is 4.79 Å². The molecule has 1 rings (SSSR count). The molecule has 2 unspecified atom stereocenters. The van der Waals surface area contributed by atoms with Crippen LogP contribution in [0.1, 0.15) is 26.2 Å². The Morgan fingerprint density at radius 2 is 2.42 bits per heavy atom. The minimum Gasteiger partial charge on any atom is -0.316 e. The molecule has 1 radical (unpaired) electrons. The van der Waals surface area contributed by atoms with Gasteiger partial charge in [0.2, 0.25) is 0 Å². The van der Waals surface area contributed by atoms with Gasteiger partial charge < -0.3 is 11.1 Å². The Morgan fingerprint density at radius 1 is 1.67 bits per heavy atom. The zero-order valence-electron chi connectivity index (χ0n) is 7.55. The van der Waals surface area contributed by atoms with Crippen molar-refractivity contribution in [3.05, 3.63) is 0 Å². The summed E-state index contributed by atoms with van der Waals surface area (Å²) in [6.45, 7) is 2.13. The van der Waals surface area contributed by atoms with Crippen molar-refractivity contribution in [3.8, 4) is 0 Å². The predicted molar refractivity (Wildman–Crippen MR) is 50.0 cm³/mol. The zero-order valence-corrected chi connectivity index (χ0v) is 7.55. The fourth-order valence-electron chi connectivity index (χ4n) is 1.49. The lowest BCUT2D eigenvalue weighted by Gasteiger charge is -2.27. The molecule has 1 aliphatic rings. The summed E-state index contributed by atoms with van der Waals surface area (Å²) in [5, 5.41) is 3.18. The Kier molecular flexibility index (Phi) is 3.75. The molecule has 0 spiro atoms. The molecule has 0 aliphatic carbocycles. The summed E-state index contributed by atoms with van der Waals surface area (Å²) in [6, 6.07) is 0. The molecule has 3 N–H and O–H groups in total. The molecule has 1 saturated heterocycles. The zero-order chi connectivity index (χ0) is 8.97. The van der Waals surface area contributed by atoms with E-state index in [0.29, 0.717) is 12.8 Å². The van der Waals surface area contributed by atoms with Crippen LogP contribution in [0.4, 0.5) is 0 Å². The van der Waals surface area contributed by atoms with Crippen LogP contribution < -0.4 is 11.1 Å². The summed E-state index contributed by atoms with van der Waals surface area (Å²) in [5.41, 5.74) is 5.64. The quantitative estimate of drug-likeness (QED) is 0.585. The Hall–Kier alpha value is -0.345. The third-order valence-electron chi connectivity index (χ3n) is 2.06. The first-order valence-electron chi connectivity index (χ1n) is 4.59.